The van der Waals surface area contributed by atoms with E-state index in [4.69, 9.17) is 10.5 Å². The van der Waals surface area contributed by atoms with Gasteiger partial charge in [-0.1, -0.05) is 12.6 Å². The molecule has 0 bridgehead atoms. The molecule has 1 aromatic heterocycles. The Balaban J connectivity index is 1.51. The van der Waals surface area contributed by atoms with E-state index in [1.54, 1.807) is 34.1 Å². The molecule has 0 spiro atoms. The number of benzene rings is 1. The number of rotatable bonds is 7. The van der Waals surface area contributed by atoms with Crippen LogP contribution in [-0.2, 0) is 9.53 Å². The molecule has 3 heterocycles. The third kappa shape index (κ3) is 5.90. The van der Waals surface area contributed by atoms with E-state index in [1.807, 2.05) is 0 Å². The highest BCUT2D eigenvalue weighted by atomic mass is 16.5. The highest BCUT2D eigenvalue weighted by Gasteiger charge is 2.24. The van der Waals surface area contributed by atoms with Crippen molar-refractivity contribution in [3.05, 3.63) is 48.2 Å². The van der Waals surface area contributed by atoms with Crippen LogP contribution in [0.4, 0.5) is 17.5 Å². The van der Waals surface area contributed by atoms with Gasteiger partial charge < -0.3 is 30.9 Å². The molecule has 3 amide bonds. The van der Waals surface area contributed by atoms with Crippen molar-refractivity contribution in [1.82, 2.24) is 25.0 Å². The monoisotopic (exact) mass is 480 g/mol. The molecular formula is C23H28N8O4. The summed E-state index contributed by atoms with van der Waals surface area (Å²) < 4.78 is 5.31. The van der Waals surface area contributed by atoms with E-state index in [-0.39, 0.29) is 35.3 Å². The number of morpholine rings is 1. The summed E-state index contributed by atoms with van der Waals surface area (Å²) in [6, 6.07) is 6.80. The Labute approximate surface area is 202 Å². The second-order valence-electron chi connectivity index (χ2n) is 8.28. The van der Waals surface area contributed by atoms with Gasteiger partial charge in [0.25, 0.3) is 11.8 Å². The van der Waals surface area contributed by atoms with Crippen LogP contribution in [0.2, 0.25) is 0 Å². The fourth-order valence-electron chi connectivity index (χ4n) is 4.06. The smallest absolute Gasteiger partial charge is 0.273 e. The Kier molecular flexibility index (Phi) is 7.51. The van der Waals surface area contributed by atoms with Crippen LogP contribution in [-0.4, -0.2) is 88.1 Å². The van der Waals surface area contributed by atoms with Gasteiger partial charge in [0, 0.05) is 43.5 Å². The molecule has 2 aliphatic rings. The van der Waals surface area contributed by atoms with Gasteiger partial charge in [-0.2, -0.15) is 4.98 Å². The number of piperidine rings is 1. The summed E-state index contributed by atoms with van der Waals surface area (Å²) in [4.78, 5) is 44.6. The summed E-state index contributed by atoms with van der Waals surface area (Å²) in [5.41, 5.74) is 6.38. The lowest BCUT2D eigenvalue weighted by Crippen LogP contribution is -2.44. The van der Waals surface area contributed by atoms with Gasteiger partial charge in [-0.15, -0.1) is 10.2 Å². The fraction of sp³-hybridized carbons (Fsp3) is 0.391. The number of nitrogens with zero attached hydrogens (tertiary/aromatic N) is 5. The molecule has 12 nitrogen and oxygen atoms in total. The maximum atomic E-state index is 12.8. The zero-order valence-electron chi connectivity index (χ0n) is 19.3. The Hall–Kier alpha value is -4.06. The van der Waals surface area contributed by atoms with Crippen LogP contribution >= 0.6 is 0 Å². The first kappa shape index (κ1) is 24.1. The number of anilines is 3. The zero-order chi connectivity index (χ0) is 24.8. The molecule has 35 heavy (non-hydrogen) atoms. The molecule has 0 saturated carbocycles. The first-order chi connectivity index (χ1) is 16.9. The first-order valence-electron chi connectivity index (χ1n) is 11.4. The zero-order valence-corrected chi connectivity index (χ0v) is 19.3. The number of likely N-dealkylation sites (tertiary alicyclic amines) is 1. The van der Waals surface area contributed by atoms with Gasteiger partial charge in [-0.05, 0) is 37.1 Å². The number of hydrogen-bond acceptors (Lipinski definition) is 9. The van der Waals surface area contributed by atoms with E-state index in [2.05, 4.69) is 32.4 Å². The predicted octanol–water partition coefficient (Wildman–Crippen LogP) is 0.775. The normalized spacial score (nSPS) is 18.0. The molecule has 0 aliphatic carbocycles. The van der Waals surface area contributed by atoms with Crippen molar-refractivity contribution in [3.8, 4) is 0 Å². The lowest BCUT2D eigenvalue weighted by atomic mass is 10.1. The van der Waals surface area contributed by atoms with Crippen LogP contribution in [0.1, 0.15) is 33.7 Å². The van der Waals surface area contributed by atoms with Crippen molar-refractivity contribution in [2.75, 3.05) is 50.0 Å². The maximum Gasteiger partial charge on any atom is 0.273 e. The van der Waals surface area contributed by atoms with Crippen LogP contribution < -0.4 is 16.4 Å². The Morgan fingerprint density at radius 1 is 1.14 bits per heavy atom. The highest BCUT2D eigenvalue weighted by molar-refractivity contribution is 5.97. The number of aromatic nitrogens is 3. The van der Waals surface area contributed by atoms with Crippen molar-refractivity contribution in [1.29, 1.82) is 0 Å². The van der Waals surface area contributed by atoms with E-state index in [1.165, 1.54) is 6.08 Å². The van der Waals surface area contributed by atoms with Gasteiger partial charge in [0.15, 0.2) is 11.5 Å². The number of hydrogen-bond donors (Lipinski definition) is 3. The van der Waals surface area contributed by atoms with Gasteiger partial charge in [-0.25, -0.2) is 0 Å². The van der Waals surface area contributed by atoms with Gasteiger partial charge in [0.05, 0.1) is 13.2 Å². The van der Waals surface area contributed by atoms with Crippen LogP contribution in [0.15, 0.2) is 36.9 Å². The van der Waals surface area contributed by atoms with Crippen LogP contribution in [0, 0.1) is 0 Å². The van der Waals surface area contributed by atoms with E-state index in [0.717, 1.165) is 12.8 Å². The number of primary amides is 1. The van der Waals surface area contributed by atoms with Crippen molar-refractivity contribution < 1.29 is 19.1 Å². The Morgan fingerprint density at radius 3 is 2.69 bits per heavy atom. The number of carbonyl (C=O) groups is 3. The van der Waals surface area contributed by atoms with Crippen molar-refractivity contribution >= 4 is 35.2 Å². The van der Waals surface area contributed by atoms with E-state index < -0.39 is 5.91 Å². The van der Waals surface area contributed by atoms with Gasteiger partial charge in [-0.3, -0.25) is 14.4 Å². The van der Waals surface area contributed by atoms with Crippen molar-refractivity contribution in [2.45, 2.75) is 18.9 Å². The summed E-state index contributed by atoms with van der Waals surface area (Å²) in [6.07, 6.45) is 2.93. The molecule has 0 radical (unpaired) electrons. The molecule has 1 aromatic carbocycles. The number of nitrogens with two attached hydrogens (primary N) is 1. The van der Waals surface area contributed by atoms with Gasteiger partial charge in [0.1, 0.15) is 0 Å². The van der Waals surface area contributed by atoms with Crippen molar-refractivity contribution in [2.24, 2.45) is 5.73 Å². The Bertz CT molecular complexity index is 1120. The van der Waals surface area contributed by atoms with Crippen LogP contribution in [0.25, 0.3) is 0 Å². The van der Waals surface area contributed by atoms with E-state index >= 15 is 0 Å². The lowest BCUT2D eigenvalue weighted by Gasteiger charge is -2.32. The topological polar surface area (TPSA) is 156 Å². The minimum atomic E-state index is -0.792. The lowest BCUT2D eigenvalue weighted by molar-refractivity contribution is -0.127. The fourth-order valence-corrected chi connectivity index (χ4v) is 4.06. The van der Waals surface area contributed by atoms with Gasteiger partial charge >= 0.3 is 0 Å². The third-order valence-electron chi connectivity index (χ3n) is 5.83. The summed E-state index contributed by atoms with van der Waals surface area (Å²) >= 11 is 0. The molecule has 4 rings (SSSR count). The van der Waals surface area contributed by atoms with E-state index in [0.29, 0.717) is 50.6 Å². The van der Waals surface area contributed by atoms with Crippen LogP contribution in [0.3, 0.4) is 0 Å². The number of nitrogens with one attached hydrogen (secondary N) is 2. The molecule has 2 aromatic rings. The molecule has 1 unspecified atom stereocenters. The number of amides is 3. The van der Waals surface area contributed by atoms with Crippen LogP contribution in [0.5, 0.6) is 0 Å². The van der Waals surface area contributed by atoms with E-state index in [9.17, 15) is 14.4 Å². The standard InChI is InChI=1S/C23H28N8O4/c1-2-18(32)31-8-4-7-17(14-31)26-23-27-21(19(20(24)33)28-29-23)25-16-6-3-5-15(13-16)22(34)30-9-11-35-12-10-30/h2-3,5-6,13,17H,1,4,7-12,14H2,(H2,24,33)(H2,25,26,27,29). The molecule has 12 heteroatoms. The second-order valence-corrected chi connectivity index (χ2v) is 8.28. The molecule has 2 fully saturated rings. The first-order valence-corrected chi connectivity index (χ1v) is 11.4. The molecule has 1 atom stereocenters. The summed E-state index contributed by atoms with van der Waals surface area (Å²) in [5, 5.41) is 14.1. The molecule has 2 saturated heterocycles. The summed E-state index contributed by atoms with van der Waals surface area (Å²) in [5.74, 6) is -0.726. The number of ether oxygens (including phenoxy) is 1. The van der Waals surface area contributed by atoms with Crippen molar-refractivity contribution in [3.63, 3.8) is 0 Å². The minimum absolute atomic E-state index is 0.0869. The maximum absolute atomic E-state index is 12.8. The SMILES string of the molecule is C=CC(=O)N1CCCC(Nc2nnc(C(N)=O)c(Nc3cccc(C(=O)N4CCOCC4)c3)n2)C1. The largest absolute Gasteiger partial charge is 0.378 e. The third-order valence-corrected chi connectivity index (χ3v) is 5.83. The summed E-state index contributed by atoms with van der Waals surface area (Å²) in [7, 11) is 0. The average Bonchev–Trinajstić information content (AvgIpc) is 2.88. The number of carbonyl (C=O) groups excluding carboxylic acids is 3. The van der Waals surface area contributed by atoms with Gasteiger partial charge in [0.2, 0.25) is 11.9 Å². The molecular weight excluding hydrogens is 452 g/mol. The summed E-state index contributed by atoms with van der Waals surface area (Å²) in [6.45, 7) is 6.75. The average molecular weight is 481 g/mol. The predicted molar refractivity (Wildman–Crippen MR) is 128 cm³/mol. The Morgan fingerprint density at radius 2 is 1.94 bits per heavy atom. The second kappa shape index (κ2) is 10.9. The minimum Gasteiger partial charge on any atom is -0.378 e. The molecule has 184 valence electrons. The quantitative estimate of drug-likeness (QED) is 0.487. The molecule has 4 N–H and O–H groups in total. The molecule has 2 aliphatic heterocycles. The highest BCUT2D eigenvalue weighted by Crippen LogP contribution is 2.21.